The van der Waals surface area contributed by atoms with Crippen LogP contribution in [-0.4, -0.2) is 34.6 Å². The van der Waals surface area contributed by atoms with Crippen LogP contribution in [0.15, 0.2) is 69.9 Å². The van der Waals surface area contributed by atoms with Crippen LogP contribution >= 0.6 is 0 Å². The van der Waals surface area contributed by atoms with Crippen LogP contribution in [0.5, 0.6) is 5.75 Å². The molecule has 1 aromatic heterocycles. The molecular weight excluding hydrogens is 490 g/mol. The fourth-order valence-corrected chi connectivity index (χ4v) is 6.44. The van der Waals surface area contributed by atoms with E-state index < -0.39 is 11.2 Å². The molecule has 1 aliphatic carbocycles. The SMILES string of the molecule is Cc1c(CCC(=O)N2CCC3(O)CCCCC3C2)c(=O)oc2cc(OCc3ccc4ccccc4c3)ccc12. The van der Waals surface area contributed by atoms with E-state index in [0.29, 0.717) is 49.4 Å². The molecule has 6 rings (SSSR count). The number of piperidine rings is 1. The largest absolute Gasteiger partial charge is 0.489 e. The lowest BCUT2D eigenvalue weighted by Crippen LogP contribution is -2.54. The standard InChI is InChI=1S/C33H35NO5/c1-22-28-12-11-27(38-21-23-9-10-24-6-2-3-7-25(24)18-23)19-30(28)39-32(36)29(22)13-14-31(35)34-17-16-33(37)15-5-4-8-26(33)20-34/h2-3,6-7,9-12,18-19,26,37H,4-5,8,13-17,20-21H2,1H3. The Morgan fingerprint density at radius 1 is 1.08 bits per heavy atom. The highest BCUT2D eigenvalue weighted by Gasteiger charge is 2.43. The topological polar surface area (TPSA) is 80.0 Å². The summed E-state index contributed by atoms with van der Waals surface area (Å²) in [6, 6.07) is 20.1. The third-order valence-electron chi connectivity index (χ3n) is 8.85. The summed E-state index contributed by atoms with van der Waals surface area (Å²) in [6.07, 6.45) is 5.24. The molecule has 1 saturated heterocycles. The monoisotopic (exact) mass is 525 g/mol. The van der Waals surface area contributed by atoms with E-state index in [9.17, 15) is 14.7 Å². The smallest absolute Gasteiger partial charge is 0.339 e. The number of hydrogen-bond acceptors (Lipinski definition) is 5. The van der Waals surface area contributed by atoms with Crippen molar-refractivity contribution in [2.24, 2.45) is 5.92 Å². The molecule has 6 heteroatoms. The molecule has 1 saturated carbocycles. The van der Waals surface area contributed by atoms with Crippen LogP contribution < -0.4 is 10.4 Å². The number of fused-ring (bicyclic) bond motifs is 3. The molecule has 1 amide bonds. The fraction of sp³-hybridized carbons (Fsp3) is 0.394. The zero-order chi connectivity index (χ0) is 27.0. The molecule has 39 heavy (non-hydrogen) atoms. The first-order valence-electron chi connectivity index (χ1n) is 14.1. The third kappa shape index (κ3) is 5.18. The minimum atomic E-state index is -0.608. The zero-order valence-electron chi connectivity index (χ0n) is 22.4. The van der Waals surface area contributed by atoms with E-state index in [0.717, 1.165) is 42.2 Å². The van der Waals surface area contributed by atoms with Crippen molar-refractivity contribution in [3.05, 3.63) is 87.8 Å². The molecule has 0 spiro atoms. The molecule has 1 N–H and O–H groups in total. The van der Waals surface area contributed by atoms with E-state index in [1.807, 2.05) is 36.1 Å². The van der Waals surface area contributed by atoms with Crippen molar-refractivity contribution >= 4 is 27.6 Å². The molecule has 202 valence electrons. The lowest BCUT2D eigenvalue weighted by molar-refractivity contribution is -0.143. The molecular formula is C33H35NO5. The van der Waals surface area contributed by atoms with E-state index in [-0.39, 0.29) is 18.2 Å². The van der Waals surface area contributed by atoms with Gasteiger partial charge in [-0.1, -0.05) is 49.2 Å². The van der Waals surface area contributed by atoms with Crippen molar-refractivity contribution in [1.29, 1.82) is 0 Å². The van der Waals surface area contributed by atoms with Gasteiger partial charge < -0.3 is 19.2 Å². The van der Waals surface area contributed by atoms with Crippen molar-refractivity contribution in [2.75, 3.05) is 13.1 Å². The van der Waals surface area contributed by atoms with E-state index in [2.05, 4.69) is 30.3 Å². The molecule has 2 unspecified atom stereocenters. The Balaban J connectivity index is 1.12. The normalized spacial score (nSPS) is 21.2. The Morgan fingerprint density at radius 3 is 2.79 bits per heavy atom. The van der Waals surface area contributed by atoms with Crippen LogP contribution in [0.1, 0.15) is 55.2 Å². The second-order valence-corrected chi connectivity index (χ2v) is 11.3. The van der Waals surface area contributed by atoms with Crippen LogP contribution in [0.25, 0.3) is 21.7 Å². The molecule has 2 aliphatic rings. The number of amides is 1. The van der Waals surface area contributed by atoms with Gasteiger partial charge in [0.25, 0.3) is 0 Å². The van der Waals surface area contributed by atoms with Crippen molar-refractivity contribution in [3.8, 4) is 5.75 Å². The highest BCUT2D eigenvalue weighted by Crippen LogP contribution is 2.40. The van der Waals surface area contributed by atoms with Gasteiger partial charge in [-0.3, -0.25) is 4.79 Å². The molecule has 1 aliphatic heterocycles. The van der Waals surface area contributed by atoms with Crippen molar-refractivity contribution in [1.82, 2.24) is 4.90 Å². The predicted molar refractivity (Wildman–Crippen MR) is 152 cm³/mol. The highest BCUT2D eigenvalue weighted by atomic mass is 16.5. The number of carbonyl (C=O) groups is 1. The minimum absolute atomic E-state index is 0.0407. The number of aliphatic hydroxyl groups is 1. The third-order valence-corrected chi connectivity index (χ3v) is 8.85. The molecule has 0 radical (unpaired) electrons. The Hall–Kier alpha value is -3.64. The Kier molecular flexibility index (Phi) is 6.90. The van der Waals surface area contributed by atoms with Gasteiger partial charge >= 0.3 is 5.63 Å². The highest BCUT2D eigenvalue weighted by molar-refractivity contribution is 5.84. The van der Waals surface area contributed by atoms with Crippen LogP contribution in [0, 0.1) is 12.8 Å². The van der Waals surface area contributed by atoms with Crippen LogP contribution in [-0.2, 0) is 17.8 Å². The van der Waals surface area contributed by atoms with Gasteiger partial charge in [0.05, 0.1) is 5.60 Å². The molecule has 2 heterocycles. The Bertz CT molecular complexity index is 1590. The van der Waals surface area contributed by atoms with Gasteiger partial charge in [-0.25, -0.2) is 4.79 Å². The van der Waals surface area contributed by atoms with Gasteiger partial charge in [-0.15, -0.1) is 0 Å². The lowest BCUT2D eigenvalue weighted by atomic mass is 9.71. The number of likely N-dealkylation sites (tertiary alicyclic amines) is 1. The van der Waals surface area contributed by atoms with E-state index in [1.165, 1.54) is 10.8 Å². The average Bonchev–Trinajstić information content (AvgIpc) is 2.95. The van der Waals surface area contributed by atoms with E-state index >= 15 is 0 Å². The van der Waals surface area contributed by atoms with Gasteiger partial charge in [0.2, 0.25) is 5.91 Å². The van der Waals surface area contributed by atoms with Crippen LogP contribution in [0.2, 0.25) is 0 Å². The van der Waals surface area contributed by atoms with Gasteiger partial charge in [0, 0.05) is 42.4 Å². The molecule has 4 aromatic rings. The molecule has 2 fully saturated rings. The quantitative estimate of drug-likeness (QED) is 0.316. The Morgan fingerprint density at radius 2 is 1.92 bits per heavy atom. The molecule has 6 nitrogen and oxygen atoms in total. The van der Waals surface area contributed by atoms with E-state index in [1.54, 1.807) is 6.07 Å². The van der Waals surface area contributed by atoms with Gasteiger partial charge in [-0.05, 0) is 72.7 Å². The van der Waals surface area contributed by atoms with Crippen LogP contribution in [0.4, 0.5) is 0 Å². The fourth-order valence-electron chi connectivity index (χ4n) is 6.44. The molecule has 0 bridgehead atoms. The number of benzene rings is 3. The van der Waals surface area contributed by atoms with Gasteiger partial charge in [0.15, 0.2) is 0 Å². The summed E-state index contributed by atoms with van der Waals surface area (Å²) < 4.78 is 11.7. The zero-order valence-corrected chi connectivity index (χ0v) is 22.4. The first-order valence-corrected chi connectivity index (χ1v) is 14.1. The minimum Gasteiger partial charge on any atom is -0.489 e. The van der Waals surface area contributed by atoms with Gasteiger partial charge in [-0.2, -0.15) is 0 Å². The van der Waals surface area contributed by atoms with Crippen molar-refractivity contribution in [3.63, 3.8) is 0 Å². The van der Waals surface area contributed by atoms with Crippen LogP contribution in [0.3, 0.4) is 0 Å². The summed E-state index contributed by atoms with van der Waals surface area (Å²) in [5.41, 5.74) is 1.93. The van der Waals surface area contributed by atoms with E-state index in [4.69, 9.17) is 9.15 Å². The van der Waals surface area contributed by atoms with Crippen molar-refractivity contribution in [2.45, 2.75) is 64.1 Å². The maximum absolute atomic E-state index is 13.0. The summed E-state index contributed by atoms with van der Waals surface area (Å²) in [4.78, 5) is 27.8. The Labute approximate surface area is 228 Å². The summed E-state index contributed by atoms with van der Waals surface area (Å²) >= 11 is 0. The van der Waals surface area contributed by atoms with Gasteiger partial charge in [0.1, 0.15) is 17.9 Å². The number of nitrogens with zero attached hydrogens (tertiary/aromatic N) is 1. The number of hydrogen-bond donors (Lipinski definition) is 1. The number of rotatable bonds is 6. The first kappa shape index (κ1) is 25.6. The summed E-state index contributed by atoms with van der Waals surface area (Å²) in [6.45, 7) is 3.52. The summed E-state index contributed by atoms with van der Waals surface area (Å²) in [7, 11) is 0. The molecule has 2 atom stereocenters. The number of aryl methyl sites for hydroxylation is 1. The average molecular weight is 526 g/mol. The second-order valence-electron chi connectivity index (χ2n) is 11.3. The second kappa shape index (κ2) is 10.5. The first-order chi connectivity index (χ1) is 18.9. The summed E-state index contributed by atoms with van der Waals surface area (Å²) in [5, 5.41) is 14.1. The maximum atomic E-state index is 13.0. The number of carbonyl (C=O) groups excluding carboxylic acids is 1. The van der Waals surface area contributed by atoms with Crippen molar-refractivity contribution < 1.29 is 19.1 Å². The summed E-state index contributed by atoms with van der Waals surface area (Å²) in [5.74, 6) is 0.835. The predicted octanol–water partition coefficient (Wildman–Crippen LogP) is 5.92. The lowest BCUT2D eigenvalue weighted by Gasteiger charge is -2.47. The number of ether oxygens (including phenoxy) is 1. The molecule has 3 aromatic carbocycles. The maximum Gasteiger partial charge on any atom is 0.339 e.